The van der Waals surface area contributed by atoms with Gasteiger partial charge in [0.05, 0.1) is 19.0 Å². The first kappa shape index (κ1) is 23.1. The first-order chi connectivity index (χ1) is 17.4. The normalized spacial score (nSPS) is 10.9. The number of hydrogen-bond acceptors (Lipinski definition) is 7. The van der Waals surface area contributed by atoms with Gasteiger partial charge < -0.3 is 10.1 Å². The van der Waals surface area contributed by atoms with Crippen LogP contribution in [0, 0.1) is 31.0 Å². The van der Waals surface area contributed by atoms with Crippen LogP contribution in [0.15, 0.2) is 54.7 Å². The first-order valence-electron chi connectivity index (χ1n) is 10.9. The minimum atomic E-state index is -0.438. The Morgan fingerprint density at radius 1 is 1.17 bits per heavy atom. The van der Waals surface area contributed by atoms with E-state index >= 15 is 0 Å². The fourth-order valence-electron chi connectivity index (χ4n) is 3.86. The Morgan fingerprint density at radius 2 is 1.94 bits per heavy atom. The standard InChI is InChI=1S/C26H19FN6O2S/c1-14-11-21(31-22-19(14)5-4-6-20(22)35-3)33-24(17(12-28)13-29-33)32-25(34)23-15(2)30-26(36-23)16-7-9-18(27)10-8-16/h4-11,13H,1-3H3,(H,32,34). The SMILES string of the molecule is COc1cccc2c(C)cc(-n3ncc(C#N)c3NC(=O)c3sc(-c4ccc(F)cc4)nc3C)nc12. The smallest absolute Gasteiger partial charge is 0.268 e. The van der Waals surface area contributed by atoms with Crippen molar-refractivity contribution < 1.29 is 13.9 Å². The molecule has 0 bridgehead atoms. The van der Waals surface area contributed by atoms with E-state index in [1.165, 1.54) is 34.3 Å². The van der Waals surface area contributed by atoms with Crippen molar-refractivity contribution >= 4 is 34.0 Å². The fourth-order valence-corrected chi connectivity index (χ4v) is 4.83. The average molecular weight is 499 g/mol. The molecule has 3 aromatic heterocycles. The number of nitrogens with one attached hydrogen (secondary N) is 1. The fraction of sp³-hybridized carbons (Fsp3) is 0.115. The van der Waals surface area contributed by atoms with Crippen molar-refractivity contribution in [3.05, 3.63) is 82.2 Å². The van der Waals surface area contributed by atoms with E-state index in [4.69, 9.17) is 9.72 Å². The summed E-state index contributed by atoms with van der Waals surface area (Å²) in [6.45, 7) is 3.67. The van der Waals surface area contributed by atoms with E-state index in [1.54, 1.807) is 26.2 Å². The number of para-hydroxylation sites is 1. The molecule has 0 aliphatic carbocycles. The number of carbonyl (C=O) groups excluding carboxylic acids is 1. The summed E-state index contributed by atoms with van der Waals surface area (Å²) < 4.78 is 20.2. The molecular formula is C26H19FN6O2S. The third-order valence-corrected chi connectivity index (χ3v) is 6.85. The summed E-state index contributed by atoms with van der Waals surface area (Å²) in [5.41, 5.74) is 2.98. The zero-order chi connectivity index (χ0) is 25.4. The van der Waals surface area contributed by atoms with Crippen LogP contribution < -0.4 is 10.1 Å². The van der Waals surface area contributed by atoms with Crippen LogP contribution in [0.1, 0.15) is 26.5 Å². The number of rotatable bonds is 5. The van der Waals surface area contributed by atoms with Crippen molar-refractivity contribution in [1.29, 1.82) is 5.26 Å². The number of benzene rings is 2. The Kier molecular flexibility index (Phi) is 5.91. The quantitative estimate of drug-likeness (QED) is 0.346. The highest BCUT2D eigenvalue weighted by Gasteiger charge is 2.22. The van der Waals surface area contributed by atoms with Gasteiger partial charge >= 0.3 is 0 Å². The minimum Gasteiger partial charge on any atom is -0.494 e. The number of ether oxygens (including phenoxy) is 1. The molecule has 3 heterocycles. The maximum Gasteiger partial charge on any atom is 0.268 e. The van der Waals surface area contributed by atoms with Gasteiger partial charge in [-0.3, -0.25) is 4.79 Å². The topological polar surface area (TPSA) is 106 Å². The molecule has 36 heavy (non-hydrogen) atoms. The summed E-state index contributed by atoms with van der Waals surface area (Å²) in [4.78, 5) is 22.8. The van der Waals surface area contributed by atoms with E-state index in [-0.39, 0.29) is 17.2 Å². The molecule has 0 aliphatic heterocycles. The summed E-state index contributed by atoms with van der Waals surface area (Å²) in [7, 11) is 1.57. The number of aromatic nitrogens is 4. The van der Waals surface area contributed by atoms with Crippen molar-refractivity contribution in [3.63, 3.8) is 0 Å². The van der Waals surface area contributed by atoms with Crippen molar-refractivity contribution in [3.8, 4) is 28.2 Å². The molecule has 5 rings (SSSR count). The highest BCUT2D eigenvalue weighted by atomic mass is 32.1. The van der Waals surface area contributed by atoms with E-state index < -0.39 is 5.91 Å². The monoisotopic (exact) mass is 498 g/mol. The lowest BCUT2D eigenvalue weighted by Crippen LogP contribution is -2.16. The number of aryl methyl sites for hydroxylation is 2. The maximum atomic E-state index is 13.3. The molecule has 1 N–H and O–H groups in total. The van der Waals surface area contributed by atoms with Gasteiger partial charge in [0, 0.05) is 10.9 Å². The van der Waals surface area contributed by atoms with E-state index in [0.717, 1.165) is 10.9 Å². The molecule has 0 aliphatic rings. The maximum absolute atomic E-state index is 13.3. The summed E-state index contributed by atoms with van der Waals surface area (Å²) in [6.07, 6.45) is 1.38. The van der Waals surface area contributed by atoms with Crippen LogP contribution >= 0.6 is 11.3 Å². The third-order valence-electron chi connectivity index (χ3n) is 5.65. The Balaban J connectivity index is 1.54. The summed E-state index contributed by atoms with van der Waals surface area (Å²) in [6, 6.07) is 15.5. The van der Waals surface area contributed by atoms with Gasteiger partial charge in [0.15, 0.2) is 11.6 Å². The molecule has 0 unspecified atom stereocenters. The van der Waals surface area contributed by atoms with Gasteiger partial charge in [0.2, 0.25) is 0 Å². The predicted octanol–water partition coefficient (Wildman–Crippen LogP) is 5.43. The molecule has 178 valence electrons. The predicted molar refractivity (Wildman–Crippen MR) is 135 cm³/mol. The minimum absolute atomic E-state index is 0.184. The van der Waals surface area contributed by atoms with Gasteiger partial charge in [-0.05, 0) is 55.8 Å². The van der Waals surface area contributed by atoms with Crippen LogP contribution in [-0.4, -0.2) is 32.8 Å². The van der Waals surface area contributed by atoms with E-state index in [2.05, 4.69) is 21.5 Å². The van der Waals surface area contributed by atoms with Crippen molar-refractivity contribution in [2.45, 2.75) is 13.8 Å². The van der Waals surface area contributed by atoms with Crippen LogP contribution in [0.4, 0.5) is 10.2 Å². The van der Waals surface area contributed by atoms with Crippen LogP contribution in [0.25, 0.3) is 27.3 Å². The Morgan fingerprint density at radius 3 is 2.67 bits per heavy atom. The van der Waals surface area contributed by atoms with E-state index in [1.807, 2.05) is 31.2 Å². The van der Waals surface area contributed by atoms with Gasteiger partial charge in [-0.2, -0.15) is 15.0 Å². The summed E-state index contributed by atoms with van der Waals surface area (Å²) >= 11 is 1.18. The van der Waals surface area contributed by atoms with Gasteiger partial charge in [0.25, 0.3) is 5.91 Å². The molecule has 0 saturated heterocycles. The van der Waals surface area contributed by atoms with Crippen molar-refractivity contribution in [2.24, 2.45) is 0 Å². The van der Waals surface area contributed by atoms with E-state index in [9.17, 15) is 14.4 Å². The Hall–Kier alpha value is -4.62. The summed E-state index contributed by atoms with van der Waals surface area (Å²) in [5, 5.41) is 18.3. The highest BCUT2D eigenvalue weighted by Crippen LogP contribution is 2.31. The third kappa shape index (κ3) is 4.06. The number of nitriles is 1. The highest BCUT2D eigenvalue weighted by molar-refractivity contribution is 7.17. The lowest BCUT2D eigenvalue weighted by atomic mass is 10.1. The molecule has 1 amide bonds. The zero-order valence-electron chi connectivity index (χ0n) is 19.5. The van der Waals surface area contributed by atoms with Crippen molar-refractivity contribution in [1.82, 2.24) is 19.7 Å². The van der Waals surface area contributed by atoms with Gasteiger partial charge in [0.1, 0.15) is 38.6 Å². The molecule has 5 aromatic rings. The second-order valence-corrected chi connectivity index (χ2v) is 8.98. The number of methoxy groups -OCH3 is 1. The molecule has 2 aromatic carbocycles. The molecule has 0 spiro atoms. The number of fused-ring (bicyclic) bond motifs is 1. The molecule has 10 heteroatoms. The van der Waals surface area contributed by atoms with Crippen LogP contribution in [0.3, 0.4) is 0 Å². The van der Waals surface area contributed by atoms with Crippen molar-refractivity contribution in [2.75, 3.05) is 12.4 Å². The number of halogens is 1. The van der Waals surface area contributed by atoms with Gasteiger partial charge in [-0.15, -0.1) is 11.3 Å². The average Bonchev–Trinajstić information content (AvgIpc) is 3.47. The number of amides is 1. The number of anilines is 1. The van der Waals surface area contributed by atoms with Crippen LogP contribution in [0.5, 0.6) is 5.75 Å². The largest absolute Gasteiger partial charge is 0.494 e. The number of nitrogens with zero attached hydrogens (tertiary/aromatic N) is 5. The zero-order valence-corrected chi connectivity index (χ0v) is 20.4. The Labute approximate surface area is 209 Å². The first-order valence-corrected chi connectivity index (χ1v) is 11.7. The summed E-state index contributed by atoms with van der Waals surface area (Å²) in [5.74, 6) is 0.433. The van der Waals surface area contributed by atoms with E-state index in [0.29, 0.717) is 38.2 Å². The second kappa shape index (κ2) is 9.20. The number of hydrogen-bond donors (Lipinski definition) is 1. The molecule has 0 fully saturated rings. The molecule has 0 radical (unpaired) electrons. The molecule has 0 saturated carbocycles. The number of carbonyl (C=O) groups is 1. The lowest BCUT2D eigenvalue weighted by Gasteiger charge is -2.12. The van der Waals surface area contributed by atoms with Crippen LogP contribution in [-0.2, 0) is 0 Å². The Bertz CT molecular complexity index is 1670. The molecule has 8 nitrogen and oxygen atoms in total. The van der Waals surface area contributed by atoms with Gasteiger partial charge in [-0.25, -0.2) is 14.4 Å². The van der Waals surface area contributed by atoms with Gasteiger partial charge in [-0.1, -0.05) is 12.1 Å². The second-order valence-electron chi connectivity index (χ2n) is 7.98. The molecule has 0 atom stereocenters. The van der Waals surface area contributed by atoms with Crippen LogP contribution in [0.2, 0.25) is 0 Å². The molecular weight excluding hydrogens is 479 g/mol. The number of thiazole rings is 1. The lowest BCUT2D eigenvalue weighted by molar-refractivity contribution is 0.102. The number of pyridine rings is 1.